The highest BCUT2D eigenvalue weighted by Gasteiger charge is 2.31. The van der Waals surface area contributed by atoms with Crippen molar-refractivity contribution in [3.63, 3.8) is 0 Å². The first kappa shape index (κ1) is 14.9. The number of carbonyl (C=O) groups excluding carboxylic acids is 1. The molecule has 2 aromatic carbocycles. The molecule has 1 aliphatic rings. The standard InChI is InChI=1S/C17H13ClN2OS/c1-22-17-19-15(10-12-6-3-2-4-7-12)16(21)20(17)14-9-5-8-13(18)11-14/h2-11H,1H3/b15-10+. The van der Waals surface area contributed by atoms with Crippen LogP contribution in [0.5, 0.6) is 0 Å². The van der Waals surface area contributed by atoms with Crippen molar-refractivity contribution in [2.24, 2.45) is 4.99 Å². The number of benzene rings is 2. The monoisotopic (exact) mass is 328 g/mol. The molecule has 0 aromatic heterocycles. The van der Waals surface area contributed by atoms with E-state index in [2.05, 4.69) is 4.99 Å². The van der Waals surface area contributed by atoms with Crippen LogP contribution in [-0.4, -0.2) is 17.3 Å². The maximum absolute atomic E-state index is 12.7. The van der Waals surface area contributed by atoms with Gasteiger partial charge < -0.3 is 0 Å². The summed E-state index contributed by atoms with van der Waals surface area (Å²) in [5.41, 5.74) is 2.10. The summed E-state index contributed by atoms with van der Waals surface area (Å²) in [6.45, 7) is 0. The van der Waals surface area contributed by atoms with Crippen LogP contribution in [0.2, 0.25) is 5.02 Å². The van der Waals surface area contributed by atoms with E-state index in [0.29, 0.717) is 15.9 Å². The Hall–Kier alpha value is -2.04. The fourth-order valence-electron chi connectivity index (χ4n) is 2.18. The van der Waals surface area contributed by atoms with Gasteiger partial charge in [-0.25, -0.2) is 4.99 Å². The first-order valence-electron chi connectivity index (χ1n) is 6.68. The molecule has 0 fully saturated rings. The van der Waals surface area contributed by atoms with Gasteiger partial charge in [-0.05, 0) is 36.1 Å². The number of nitrogens with zero attached hydrogens (tertiary/aromatic N) is 2. The molecule has 0 spiro atoms. The van der Waals surface area contributed by atoms with Gasteiger partial charge in [-0.15, -0.1) is 0 Å². The van der Waals surface area contributed by atoms with Crippen molar-refractivity contribution < 1.29 is 4.79 Å². The van der Waals surface area contributed by atoms with Crippen molar-refractivity contribution in [3.05, 3.63) is 70.9 Å². The average Bonchev–Trinajstić information content (AvgIpc) is 2.84. The third-order valence-electron chi connectivity index (χ3n) is 3.18. The summed E-state index contributed by atoms with van der Waals surface area (Å²) in [5.74, 6) is -0.143. The molecule has 0 N–H and O–H groups in total. The normalized spacial score (nSPS) is 16.3. The summed E-state index contributed by atoms with van der Waals surface area (Å²) in [6.07, 6.45) is 3.69. The first-order chi connectivity index (χ1) is 10.7. The van der Waals surface area contributed by atoms with Crippen LogP contribution in [0.15, 0.2) is 65.3 Å². The summed E-state index contributed by atoms with van der Waals surface area (Å²) in [7, 11) is 0. The highest BCUT2D eigenvalue weighted by atomic mass is 35.5. The summed E-state index contributed by atoms with van der Waals surface area (Å²) < 4.78 is 0. The highest BCUT2D eigenvalue weighted by molar-refractivity contribution is 8.13. The van der Waals surface area contributed by atoms with Crippen LogP contribution in [0.25, 0.3) is 6.08 Å². The number of halogens is 1. The molecule has 0 saturated carbocycles. The summed E-state index contributed by atoms with van der Waals surface area (Å²) in [5, 5.41) is 1.24. The zero-order chi connectivity index (χ0) is 15.5. The van der Waals surface area contributed by atoms with E-state index in [1.165, 1.54) is 11.8 Å². The second-order valence-corrected chi connectivity index (χ2v) is 5.87. The molecule has 0 bridgehead atoms. The van der Waals surface area contributed by atoms with Crippen molar-refractivity contribution in [1.82, 2.24) is 0 Å². The smallest absolute Gasteiger partial charge is 0.266 e. The van der Waals surface area contributed by atoms with Crippen molar-refractivity contribution in [2.45, 2.75) is 0 Å². The summed E-state index contributed by atoms with van der Waals surface area (Å²) in [4.78, 5) is 18.7. The van der Waals surface area contributed by atoms with Gasteiger partial charge in [-0.3, -0.25) is 9.69 Å². The van der Waals surface area contributed by atoms with Crippen LogP contribution in [0.1, 0.15) is 5.56 Å². The van der Waals surface area contributed by atoms with Gasteiger partial charge in [0, 0.05) is 5.02 Å². The topological polar surface area (TPSA) is 32.7 Å². The van der Waals surface area contributed by atoms with Gasteiger partial charge in [-0.2, -0.15) is 0 Å². The lowest BCUT2D eigenvalue weighted by Gasteiger charge is -2.16. The number of anilines is 1. The fourth-order valence-corrected chi connectivity index (χ4v) is 2.93. The Bertz CT molecular complexity index is 771. The van der Waals surface area contributed by atoms with E-state index in [9.17, 15) is 4.79 Å². The van der Waals surface area contributed by atoms with E-state index in [0.717, 1.165) is 11.3 Å². The number of rotatable bonds is 2. The molecule has 1 aliphatic heterocycles. The van der Waals surface area contributed by atoms with Gasteiger partial charge >= 0.3 is 0 Å². The maximum atomic E-state index is 12.7. The van der Waals surface area contributed by atoms with Gasteiger partial charge in [0.2, 0.25) is 0 Å². The van der Waals surface area contributed by atoms with Crippen LogP contribution in [0.4, 0.5) is 5.69 Å². The Balaban J connectivity index is 2.00. The first-order valence-corrected chi connectivity index (χ1v) is 8.29. The minimum atomic E-state index is -0.143. The Morgan fingerprint density at radius 2 is 1.91 bits per heavy atom. The molecule has 5 heteroatoms. The van der Waals surface area contributed by atoms with Crippen molar-refractivity contribution in [1.29, 1.82) is 0 Å². The van der Waals surface area contributed by atoms with Gasteiger partial charge in [0.1, 0.15) is 5.70 Å². The van der Waals surface area contributed by atoms with Crippen LogP contribution in [0, 0.1) is 0 Å². The van der Waals surface area contributed by atoms with E-state index >= 15 is 0 Å². The third-order valence-corrected chi connectivity index (χ3v) is 4.06. The van der Waals surface area contributed by atoms with Crippen molar-refractivity contribution in [3.8, 4) is 0 Å². The predicted molar refractivity (Wildman–Crippen MR) is 94.3 cm³/mol. The Kier molecular flexibility index (Phi) is 4.32. The average molecular weight is 329 g/mol. The molecule has 0 unspecified atom stereocenters. The third kappa shape index (κ3) is 2.93. The van der Waals surface area contributed by atoms with Crippen LogP contribution >= 0.6 is 23.4 Å². The second kappa shape index (κ2) is 6.38. The van der Waals surface area contributed by atoms with Gasteiger partial charge in [0.05, 0.1) is 5.69 Å². The van der Waals surface area contributed by atoms with Crippen molar-refractivity contribution >= 4 is 46.2 Å². The summed E-state index contributed by atoms with van der Waals surface area (Å²) >= 11 is 7.46. The molecule has 110 valence electrons. The van der Waals surface area contributed by atoms with Crippen LogP contribution < -0.4 is 4.90 Å². The second-order valence-electron chi connectivity index (χ2n) is 4.66. The Labute approximate surface area is 138 Å². The number of hydrogen-bond acceptors (Lipinski definition) is 3. The van der Waals surface area contributed by atoms with E-state index in [4.69, 9.17) is 11.6 Å². The van der Waals surface area contributed by atoms with Crippen molar-refractivity contribution in [2.75, 3.05) is 11.2 Å². The number of amides is 1. The highest BCUT2D eigenvalue weighted by Crippen LogP contribution is 2.29. The van der Waals surface area contributed by atoms with Gasteiger partial charge in [0.25, 0.3) is 5.91 Å². The Morgan fingerprint density at radius 3 is 2.59 bits per heavy atom. The largest absolute Gasteiger partial charge is 0.283 e. The molecule has 2 aromatic rings. The predicted octanol–water partition coefficient (Wildman–Crippen LogP) is 4.45. The molecule has 0 saturated heterocycles. The van der Waals surface area contributed by atoms with Crippen LogP contribution in [-0.2, 0) is 4.79 Å². The maximum Gasteiger partial charge on any atom is 0.283 e. The van der Waals surface area contributed by atoms with E-state index in [1.807, 2.05) is 48.7 Å². The number of carbonyl (C=O) groups is 1. The summed E-state index contributed by atoms with van der Waals surface area (Å²) in [6, 6.07) is 16.9. The quantitative estimate of drug-likeness (QED) is 0.763. The molecule has 0 atom stereocenters. The zero-order valence-corrected chi connectivity index (χ0v) is 13.4. The Morgan fingerprint density at radius 1 is 1.14 bits per heavy atom. The molecular weight excluding hydrogens is 316 g/mol. The molecule has 22 heavy (non-hydrogen) atoms. The number of aliphatic imine (C=N–C) groups is 1. The number of hydrogen-bond donors (Lipinski definition) is 0. The van der Waals surface area contributed by atoms with Crippen LogP contribution in [0.3, 0.4) is 0 Å². The lowest BCUT2D eigenvalue weighted by molar-refractivity contribution is -0.113. The number of thioether (sulfide) groups is 1. The van der Waals surface area contributed by atoms with E-state index in [1.54, 1.807) is 23.1 Å². The van der Waals surface area contributed by atoms with Gasteiger partial charge in [-0.1, -0.05) is 59.8 Å². The minimum Gasteiger partial charge on any atom is -0.266 e. The fraction of sp³-hybridized carbons (Fsp3) is 0.0588. The molecule has 3 nitrogen and oxygen atoms in total. The lowest BCUT2D eigenvalue weighted by atomic mass is 10.2. The molecule has 1 heterocycles. The van der Waals surface area contributed by atoms with E-state index < -0.39 is 0 Å². The molecule has 1 amide bonds. The molecule has 0 radical (unpaired) electrons. The van der Waals surface area contributed by atoms with Gasteiger partial charge in [0.15, 0.2) is 5.17 Å². The SMILES string of the molecule is CSC1=N/C(=C/c2ccccc2)C(=O)N1c1cccc(Cl)c1. The zero-order valence-electron chi connectivity index (χ0n) is 11.9. The van der Waals surface area contributed by atoms with E-state index in [-0.39, 0.29) is 5.91 Å². The molecule has 0 aliphatic carbocycles. The molecule has 3 rings (SSSR count). The number of amidine groups is 1. The minimum absolute atomic E-state index is 0.143. The molecular formula is C17H13ClN2OS. The lowest BCUT2D eigenvalue weighted by Crippen LogP contribution is -2.29.